The molecule has 0 amide bonds. The highest BCUT2D eigenvalue weighted by atomic mass is 16.3. The summed E-state index contributed by atoms with van der Waals surface area (Å²) < 4.78 is 0. The number of para-hydroxylation sites is 1. The summed E-state index contributed by atoms with van der Waals surface area (Å²) in [6.07, 6.45) is 0.438. The molecule has 0 radical (unpaired) electrons. The van der Waals surface area contributed by atoms with E-state index < -0.39 is 5.60 Å². The van der Waals surface area contributed by atoms with Crippen molar-refractivity contribution in [3.05, 3.63) is 102 Å². The maximum atomic E-state index is 11.5. The van der Waals surface area contributed by atoms with Crippen molar-refractivity contribution in [2.75, 3.05) is 5.73 Å². The summed E-state index contributed by atoms with van der Waals surface area (Å²) in [5.41, 5.74) is 8.35. The average Bonchev–Trinajstić information content (AvgIpc) is 2.58. The first-order valence-corrected chi connectivity index (χ1v) is 7.37. The van der Waals surface area contributed by atoms with E-state index in [2.05, 4.69) is 0 Å². The van der Waals surface area contributed by atoms with Crippen molar-refractivity contribution in [1.82, 2.24) is 0 Å². The van der Waals surface area contributed by atoms with E-state index in [0.717, 1.165) is 16.7 Å². The topological polar surface area (TPSA) is 46.2 Å². The fourth-order valence-corrected chi connectivity index (χ4v) is 2.77. The van der Waals surface area contributed by atoms with Crippen LogP contribution < -0.4 is 5.73 Å². The summed E-state index contributed by atoms with van der Waals surface area (Å²) in [4.78, 5) is 0. The van der Waals surface area contributed by atoms with Crippen LogP contribution in [0, 0.1) is 0 Å². The van der Waals surface area contributed by atoms with Gasteiger partial charge in [0.25, 0.3) is 0 Å². The molecule has 2 heteroatoms. The number of hydrogen-bond acceptors (Lipinski definition) is 2. The SMILES string of the molecule is Nc1ccccc1CC(O)(c1ccccc1)c1ccccc1. The molecule has 110 valence electrons. The molecule has 0 aliphatic heterocycles. The molecule has 0 fully saturated rings. The number of rotatable bonds is 4. The second-order valence-corrected chi connectivity index (χ2v) is 5.47. The van der Waals surface area contributed by atoms with Gasteiger partial charge in [0.05, 0.1) is 0 Å². The van der Waals surface area contributed by atoms with Gasteiger partial charge in [0.15, 0.2) is 0 Å². The zero-order chi connectivity index (χ0) is 15.4. The quantitative estimate of drug-likeness (QED) is 0.719. The van der Waals surface area contributed by atoms with E-state index in [9.17, 15) is 5.11 Å². The number of anilines is 1. The Kier molecular flexibility index (Phi) is 3.94. The maximum Gasteiger partial charge on any atom is 0.119 e. The van der Waals surface area contributed by atoms with Crippen molar-refractivity contribution in [2.45, 2.75) is 12.0 Å². The number of aliphatic hydroxyl groups is 1. The van der Waals surface area contributed by atoms with Crippen LogP contribution in [-0.2, 0) is 12.0 Å². The predicted octanol–water partition coefficient (Wildman–Crippen LogP) is 3.75. The fourth-order valence-electron chi connectivity index (χ4n) is 2.77. The summed E-state index contributed by atoms with van der Waals surface area (Å²) in [6, 6.07) is 27.2. The Morgan fingerprint density at radius 1 is 0.682 bits per heavy atom. The fraction of sp³-hybridized carbons (Fsp3) is 0.100. The second-order valence-electron chi connectivity index (χ2n) is 5.47. The zero-order valence-corrected chi connectivity index (χ0v) is 12.3. The van der Waals surface area contributed by atoms with Crippen molar-refractivity contribution in [2.24, 2.45) is 0 Å². The van der Waals surface area contributed by atoms with Gasteiger partial charge >= 0.3 is 0 Å². The Labute approximate surface area is 130 Å². The number of nitrogens with two attached hydrogens (primary N) is 1. The van der Waals surface area contributed by atoms with E-state index in [4.69, 9.17) is 5.73 Å². The smallest absolute Gasteiger partial charge is 0.119 e. The normalized spacial score (nSPS) is 11.3. The summed E-state index contributed by atoms with van der Waals surface area (Å²) in [7, 11) is 0. The van der Waals surface area contributed by atoms with Gasteiger partial charge in [-0.3, -0.25) is 0 Å². The monoisotopic (exact) mass is 289 g/mol. The molecule has 0 spiro atoms. The molecule has 0 aliphatic rings. The van der Waals surface area contributed by atoms with E-state index in [1.165, 1.54) is 0 Å². The molecule has 0 saturated carbocycles. The minimum atomic E-state index is -1.10. The molecule has 0 saturated heterocycles. The molecule has 0 heterocycles. The Balaban J connectivity index is 2.10. The maximum absolute atomic E-state index is 11.5. The van der Waals surface area contributed by atoms with E-state index in [-0.39, 0.29) is 0 Å². The molecule has 0 unspecified atom stereocenters. The predicted molar refractivity (Wildman–Crippen MR) is 90.4 cm³/mol. The number of hydrogen-bond donors (Lipinski definition) is 2. The van der Waals surface area contributed by atoms with Crippen molar-refractivity contribution >= 4 is 5.69 Å². The van der Waals surface area contributed by atoms with Crippen LogP contribution in [0.4, 0.5) is 5.69 Å². The third-order valence-electron chi connectivity index (χ3n) is 4.00. The van der Waals surface area contributed by atoms with Gasteiger partial charge < -0.3 is 10.8 Å². The molecular formula is C20H19NO. The summed E-state index contributed by atoms with van der Waals surface area (Å²) in [6.45, 7) is 0. The highest BCUT2D eigenvalue weighted by Crippen LogP contribution is 2.34. The lowest BCUT2D eigenvalue weighted by Gasteiger charge is -2.30. The molecule has 0 atom stereocenters. The first-order chi connectivity index (χ1) is 10.7. The van der Waals surface area contributed by atoms with Gasteiger partial charge in [-0.2, -0.15) is 0 Å². The average molecular weight is 289 g/mol. The molecule has 0 aromatic heterocycles. The standard InChI is InChI=1S/C20H19NO/c21-19-14-8-7-9-16(19)15-20(22,17-10-3-1-4-11-17)18-12-5-2-6-13-18/h1-14,22H,15,21H2. The third kappa shape index (κ3) is 2.74. The van der Waals surface area contributed by atoms with Gasteiger partial charge in [-0.1, -0.05) is 78.9 Å². The van der Waals surface area contributed by atoms with E-state index in [1.54, 1.807) is 0 Å². The molecular weight excluding hydrogens is 270 g/mol. The number of benzene rings is 3. The second kappa shape index (κ2) is 6.04. The largest absolute Gasteiger partial charge is 0.399 e. The molecule has 0 aliphatic carbocycles. The molecule has 3 N–H and O–H groups in total. The van der Waals surface area contributed by atoms with Gasteiger partial charge in [-0.15, -0.1) is 0 Å². The highest BCUT2D eigenvalue weighted by Gasteiger charge is 2.32. The minimum Gasteiger partial charge on any atom is -0.399 e. The van der Waals surface area contributed by atoms with Crippen LogP contribution in [0.1, 0.15) is 16.7 Å². The minimum absolute atomic E-state index is 0.438. The van der Waals surface area contributed by atoms with Crippen molar-refractivity contribution in [1.29, 1.82) is 0 Å². The van der Waals surface area contributed by atoms with Crippen LogP contribution in [0.5, 0.6) is 0 Å². The van der Waals surface area contributed by atoms with E-state index in [1.807, 2.05) is 84.9 Å². The molecule has 22 heavy (non-hydrogen) atoms. The summed E-state index contributed by atoms with van der Waals surface area (Å²) in [5, 5.41) is 11.5. The Hall–Kier alpha value is -2.58. The van der Waals surface area contributed by atoms with Gasteiger partial charge in [0.1, 0.15) is 5.60 Å². The lowest BCUT2D eigenvalue weighted by Crippen LogP contribution is -2.30. The molecule has 3 rings (SSSR count). The molecule has 3 aromatic rings. The Morgan fingerprint density at radius 3 is 1.64 bits per heavy atom. The first kappa shape index (κ1) is 14.4. The van der Waals surface area contributed by atoms with Crippen molar-refractivity contribution < 1.29 is 5.11 Å². The van der Waals surface area contributed by atoms with Crippen molar-refractivity contribution in [3.63, 3.8) is 0 Å². The van der Waals surface area contributed by atoms with Crippen LogP contribution in [0.3, 0.4) is 0 Å². The van der Waals surface area contributed by atoms with Crippen LogP contribution in [0.2, 0.25) is 0 Å². The lowest BCUT2D eigenvalue weighted by molar-refractivity contribution is 0.0813. The van der Waals surface area contributed by atoms with Crippen LogP contribution in [-0.4, -0.2) is 5.11 Å². The molecule has 0 bridgehead atoms. The van der Waals surface area contributed by atoms with Crippen LogP contribution in [0.15, 0.2) is 84.9 Å². The third-order valence-corrected chi connectivity index (χ3v) is 4.00. The van der Waals surface area contributed by atoms with Gasteiger partial charge in [0, 0.05) is 12.1 Å². The Morgan fingerprint density at radius 2 is 1.14 bits per heavy atom. The van der Waals surface area contributed by atoms with Gasteiger partial charge in [-0.05, 0) is 22.8 Å². The molecule has 2 nitrogen and oxygen atoms in total. The summed E-state index contributed by atoms with van der Waals surface area (Å²) in [5.74, 6) is 0. The van der Waals surface area contributed by atoms with E-state index in [0.29, 0.717) is 12.1 Å². The van der Waals surface area contributed by atoms with Crippen LogP contribution >= 0.6 is 0 Å². The Bertz CT molecular complexity index is 698. The highest BCUT2D eigenvalue weighted by molar-refractivity contribution is 5.49. The lowest BCUT2D eigenvalue weighted by atomic mass is 9.81. The molecule has 3 aromatic carbocycles. The first-order valence-electron chi connectivity index (χ1n) is 7.37. The van der Waals surface area contributed by atoms with Gasteiger partial charge in [0.2, 0.25) is 0 Å². The summed E-state index contributed by atoms with van der Waals surface area (Å²) >= 11 is 0. The van der Waals surface area contributed by atoms with E-state index >= 15 is 0 Å². The van der Waals surface area contributed by atoms with Gasteiger partial charge in [-0.25, -0.2) is 0 Å². The number of nitrogen functional groups attached to an aromatic ring is 1. The zero-order valence-electron chi connectivity index (χ0n) is 12.3. The van der Waals surface area contributed by atoms with Crippen molar-refractivity contribution in [3.8, 4) is 0 Å². The van der Waals surface area contributed by atoms with Crippen LogP contribution in [0.25, 0.3) is 0 Å².